The molecule has 6 rings (SSSR count). The molecule has 2 bridgehead atoms. The number of ether oxygens (including phenoxy) is 1. The molecule has 144 valence electrons. The van der Waals surface area contributed by atoms with Crippen molar-refractivity contribution in [3.8, 4) is 11.1 Å². The Labute approximate surface area is 166 Å². The molecule has 2 aromatic carbocycles. The van der Waals surface area contributed by atoms with E-state index in [0.29, 0.717) is 12.1 Å². The highest BCUT2D eigenvalue weighted by Gasteiger charge is 2.68. The lowest BCUT2D eigenvalue weighted by Gasteiger charge is -2.46. The van der Waals surface area contributed by atoms with E-state index in [-0.39, 0.29) is 12.1 Å². The Morgan fingerprint density at radius 2 is 1.39 bits per heavy atom. The Morgan fingerprint density at radius 3 is 1.93 bits per heavy atom. The molecule has 2 heterocycles. The summed E-state index contributed by atoms with van der Waals surface area (Å²) >= 11 is 0. The van der Waals surface area contributed by atoms with E-state index in [2.05, 4.69) is 57.4 Å². The molecule has 3 heteroatoms. The average Bonchev–Trinajstić information content (AvgIpc) is 3.40. The Kier molecular flexibility index (Phi) is 3.16. The highest BCUT2D eigenvalue weighted by atomic mass is 16.5. The minimum atomic E-state index is -0.711. The summed E-state index contributed by atoms with van der Waals surface area (Å²) in [5.41, 5.74) is 3.79. The number of nitrogens with zero attached hydrogens (tertiary/aromatic N) is 1. The number of carbonyl (C=O) groups excluding carboxylic acids is 1. The van der Waals surface area contributed by atoms with E-state index in [4.69, 9.17) is 4.74 Å². The third kappa shape index (κ3) is 1.96. The number of carbonyl (C=O) groups is 1. The van der Waals surface area contributed by atoms with Crippen molar-refractivity contribution in [3.63, 3.8) is 0 Å². The van der Waals surface area contributed by atoms with Gasteiger partial charge in [-0.25, -0.2) is 0 Å². The number of esters is 1. The predicted molar refractivity (Wildman–Crippen MR) is 109 cm³/mol. The van der Waals surface area contributed by atoms with Gasteiger partial charge in [-0.1, -0.05) is 48.5 Å². The molecule has 4 aliphatic rings. The van der Waals surface area contributed by atoms with Crippen molar-refractivity contribution in [2.75, 3.05) is 14.1 Å². The zero-order chi connectivity index (χ0) is 19.3. The van der Waals surface area contributed by atoms with Crippen molar-refractivity contribution in [1.29, 1.82) is 0 Å². The SMILES string of the molecule is CC1(C(=O)OC2CC3C4C[C@@H]4C(C2)[N+]3(C)C)c2ccccc2-c2ccccc21. The quantitative estimate of drug-likeness (QED) is 0.583. The average molecular weight is 375 g/mol. The first-order chi connectivity index (χ1) is 13.4. The van der Waals surface area contributed by atoms with Crippen LogP contribution in [0.2, 0.25) is 0 Å². The number of piperidine rings is 2. The van der Waals surface area contributed by atoms with Gasteiger partial charge in [0.1, 0.15) is 11.5 Å². The number of fused-ring (bicyclic) bond motifs is 8. The van der Waals surface area contributed by atoms with E-state index in [0.717, 1.165) is 40.3 Å². The van der Waals surface area contributed by atoms with Crippen molar-refractivity contribution in [3.05, 3.63) is 59.7 Å². The molecule has 28 heavy (non-hydrogen) atoms. The molecule has 2 aliphatic heterocycles. The number of hydrogen-bond acceptors (Lipinski definition) is 2. The van der Waals surface area contributed by atoms with Gasteiger partial charge in [0.2, 0.25) is 0 Å². The lowest BCUT2D eigenvalue weighted by Crippen LogP contribution is -2.59. The topological polar surface area (TPSA) is 26.3 Å². The third-order valence-electron chi connectivity index (χ3n) is 8.50. The second kappa shape index (κ2) is 5.27. The van der Waals surface area contributed by atoms with Crippen LogP contribution in [-0.2, 0) is 14.9 Å². The molecule has 0 spiro atoms. The normalized spacial score (nSPS) is 34.9. The number of rotatable bonds is 2. The molecule has 3 fully saturated rings. The van der Waals surface area contributed by atoms with Gasteiger partial charge in [-0.05, 0) is 35.6 Å². The Balaban J connectivity index is 1.33. The summed E-state index contributed by atoms with van der Waals surface area (Å²) in [6.07, 6.45) is 3.51. The van der Waals surface area contributed by atoms with E-state index in [1.54, 1.807) is 0 Å². The maximum Gasteiger partial charge on any atom is 0.321 e. The number of benzene rings is 2. The Bertz CT molecular complexity index is 928. The summed E-state index contributed by atoms with van der Waals surface area (Å²) in [5, 5.41) is 0. The van der Waals surface area contributed by atoms with Crippen molar-refractivity contribution < 1.29 is 14.0 Å². The molecule has 3 nitrogen and oxygen atoms in total. The Hall–Kier alpha value is -2.13. The molecule has 5 atom stereocenters. The van der Waals surface area contributed by atoms with Gasteiger partial charge < -0.3 is 9.22 Å². The van der Waals surface area contributed by atoms with Crippen LogP contribution < -0.4 is 0 Å². The van der Waals surface area contributed by atoms with Crippen LogP contribution in [0, 0.1) is 11.8 Å². The van der Waals surface area contributed by atoms with Gasteiger partial charge in [-0.3, -0.25) is 4.79 Å². The van der Waals surface area contributed by atoms with Crippen LogP contribution in [0.1, 0.15) is 37.3 Å². The summed E-state index contributed by atoms with van der Waals surface area (Å²) in [5.74, 6) is 1.66. The van der Waals surface area contributed by atoms with Crippen LogP contribution in [-0.4, -0.2) is 42.7 Å². The molecule has 0 N–H and O–H groups in total. The molecule has 0 radical (unpaired) electrons. The van der Waals surface area contributed by atoms with E-state index in [9.17, 15) is 4.79 Å². The van der Waals surface area contributed by atoms with E-state index < -0.39 is 5.41 Å². The molecule has 1 saturated carbocycles. The fourth-order valence-electron chi connectivity index (χ4n) is 6.92. The monoisotopic (exact) mass is 374 g/mol. The lowest BCUT2D eigenvalue weighted by atomic mass is 9.80. The van der Waals surface area contributed by atoms with Gasteiger partial charge in [0.05, 0.1) is 26.2 Å². The maximum absolute atomic E-state index is 13.6. The van der Waals surface area contributed by atoms with Crippen molar-refractivity contribution in [2.24, 2.45) is 11.8 Å². The smallest absolute Gasteiger partial charge is 0.321 e. The highest BCUT2D eigenvalue weighted by molar-refractivity contribution is 5.97. The predicted octanol–water partition coefficient (Wildman–Crippen LogP) is 4.14. The molecular formula is C25H28NO2+. The fraction of sp³-hybridized carbons (Fsp3) is 0.480. The minimum Gasteiger partial charge on any atom is -0.461 e. The zero-order valence-electron chi connectivity index (χ0n) is 16.9. The van der Waals surface area contributed by atoms with Crippen molar-refractivity contribution in [2.45, 2.75) is 49.8 Å². The second-order valence-corrected chi connectivity index (χ2v) is 10.0. The van der Waals surface area contributed by atoms with Gasteiger partial charge in [0.25, 0.3) is 0 Å². The first-order valence-electron chi connectivity index (χ1n) is 10.7. The van der Waals surface area contributed by atoms with E-state index in [1.165, 1.54) is 17.5 Å². The van der Waals surface area contributed by atoms with Gasteiger partial charge in [-0.15, -0.1) is 0 Å². The molecule has 0 amide bonds. The van der Waals surface area contributed by atoms with Gasteiger partial charge in [-0.2, -0.15) is 0 Å². The van der Waals surface area contributed by atoms with Gasteiger partial charge in [0, 0.05) is 24.7 Å². The third-order valence-corrected chi connectivity index (χ3v) is 8.50. The Morgan fingerprint density at radius 1 is 0.893 bits per heavy atom. The summed E-state index contributed by atoms with van der Waals surface area (Å²) in [6.45, 7) is 2.05. The largest absolute Gasteiger partial charge is 0.461 e. The fourth-order valence-corrected chi connectivity index (χ4v) is 6.92. The van der Waals surface area contributed by atoms with Crippen LogP contribution in [0.5, 0.6) is 0 Å². The summed E-state index contributed by atoms with van der Waals surface area (Å²) in [6, 6.07) is 17.9. The number of quaternary nitrogens is 1. The number of hydrogen-bond donors (Lipinski definition) is 0. The van der Waals surface area contributed by atoms with Crippen LogP contribution in [0.3, 0.4) is 0 Å². The maximum atomic E-state index is 13.6. The molecule has 2 saturated heterocycles. The molecule has 0 aromatic heterocycles. The molecule has 4 unspecified atom stereocenters. The standard InChI is InChI=1S/C25H28NO2/c1-25(20-10-6-4-8-16(20)17-9-5-7-11-21(17)25)24(27)28-15-12-22-18-14-19(18)23(13-15)26(22,2)3/h4-11,15,18-19,22-23H,12-14H2,1-3H3/q+1/t15?,18-,19?,22?,23?/m0/s1. The first-order valence-corrected chi connectivity index (χ1v) is 10.7. The van der Waals surface area contributed by atoms with Crippen LogP contribution in [0.4, 0.5) is 0 Å². The summed E-state index contributed by atoms with van der Waals surface area (Å²) in [4.78, 5) is 13.6. The van der Waals surface area contributed by atoms with Crippen molar-refractivity contribution in [1.82, 2.24) is 0 Å². The van der Waals surface area contributed by atoms with Gasteiger partial charge >= 0.3 is 5.97 Å². The first kappa shape index (κ1) is 16.8. The summed E-state index contributed by atoms with van der Waals surface area (Å²) in [7, 11) is 4.76. The molecular weight excluding hydrogens is 346 g/mol. The lowest BCUT2D eigenvalue weighted by molar-refractivity contribution is -0.937. The second-order valence-electron chi connectivity index (χ2n) is 10.0. The van der Waals surface area contributed by atoms with Crippen LogP contribution in [0.25, 0.3) is 11.1 Å². The molecule has 2 aromatic rings. The minimum absolute atomic E-state index is 0.0678. The van der Waals surface area contributed by atoms with Crippen molar-refractivity contribution >= 4 is 5.97 Å². The summed E-state index contributed by atoms with van der Waals surface area (Å²) < 4.78 is 7.42. The molecule has 2 aliphatic carbocycles. The van der Waals surface area contributed by atoms with Gasteiger partial charge in [0.15, 0.2) is 0 Å². The highest BCUT2D eigenvalue weighted by Crippen LogP contribution is 2.61. The van der Waals surface area contributed by atoms with Crippen LogP contribution in [0.15, 0.2) is 48.5 Å². The van der Waals surface area contributed by atoms with E-state index in [1.807, 2.05) is 12.1 Å². The zero-order valence-corrected chi connectivity index (χ0v) is 16.9. The van der Waals surface area contributed by atoms with Crippen LogP contribution >= 0.6 is 0 Å². The van der Waals surface area contributed by atoms with E-state index >= 15 is 0 Å².